The van der Waals surface area contributed by atoms with Crippen molar-refractivity contribution in [3.05, 3.63) is 67.7 Å². The van der Waals surface area contributed by atoms with Gasteiger partial charge in [0.2, 0.25) is 0 Å². The number of nitro benzene ring substituents is 1. The summed E-state index contributed by atoms with van der Waals surface area (Å²) in [6.07, 6.45) is 0. The van der Waals surface area contributed by atoms with Crippen molar-refractivity contribution in [1.82, 2.24) is 0 Å². The minimum atomic E-state index is -0.400. The monoisotopic (exact) mass is 345 g/mol. The van der Waals surface area contributed by atoms with Crippen molar-refractivity contribution < 1.29 is 4.92 Å². The number of rotatable bonds is 4. The zero-order chi connectivity index (χ0) is 15.4. The number of nitro groups is 1. The molecule has 0 bridgehead atoms. The van der Waals surface area contributed by atoms with Crippen molar-refractivity contribution in [3.8, 4) is 6.07 Å². The molecule has 2 aromatic carbocycles. The van der Waals surface area contributed by atoms with Crippen LogP contribution in [0.15, 0.2) is 40.9 Å². The second-order valence-electron chi connectivity index (χ2n) is 4.54. The summed E-state index contributed by atoms with van der Waals surface area (Å²) in [5.74, 6) is 0. The van der Waals surface area contributed by atoms with E-state index in [4.69, 9.17) is 5.26 Å². The largest absolute Gasteiger partial charge is 0.380 e. The van der Waals surface area contributed by atoms with Crippen LogP contribution < -0.4 is 5.32 Å². The van der Waals surface area contributed by atoms with E-state index >= 15 is 0 Å². The predicted molar refractivity (Wildman–Crippen MR) is 84.0 cm³/mol. The van der Waals surface area contributed by atoms with Gasteiger partial charge >= 0.3 is 0 Å². The van der Waals surface area contributed by atoms with Crippen LogP contribution in [0.1, 0.15) is 16.7 Å². The standard InChI is InChI=1S/C15H12BrN3O2/c1-10-5-13(16)14(7-15(10)19(20)21)18-9-12-4-2-3-11(6-12)8-17/h2-7,18H,9H2,1H3. The zero-order valence-corrected chi connectivity index (χ0v) is 12.8. The lowest BCUT2D eigenvalue weighted by Gasteiger charge is -2.10. The second kappa shape index (κ2) is 6.37. The average Bonchev–Trinajstić information content (AvgIpc) is 2.46. The molecule has 2 rings (SSSR count). The van der Waals surface area contributed by atoms with Gasteiger partial charge in [0.1, 0.15) is 0 Å². The molecule has 0 aliphatic heterocycles. The van der Waals surface area contributed by atoms with E-state index in [0.29, 0.717) is 23.4 Å². The Morgan fingerprint density at radius 2 is 2.14 bits per heavy atom. The molecule has 0 aliphatic carbocycles. The number of anilines is 1. The first-order chi connectivity index (χ1) is 10.0. The summed E-state index contributed by atoms with van der Waals surface area (Å²) in [5, 5.41) is 23.0. The van der Waals surface area contributed by atoms with Crippen LogP contribution in [-0.2, 0) is 6.54 Å². The van der Waals surface area contributed by atoms with Gasteiger partial charge in [-0.2, -0.15) is 5.26 Å². The van der Waals surface area contributed by atoms with Crippen LogP contribution in [0.2, 0.25) is 0 Å². The molecular formula is C15H12BrN3O2. The van der Waals surface area contributed by atoms with E-state index in [1.54, 1.807) is 25.1 Å². The van der Waals surface area contributed by atoms with Crippen LogP contribution in [0.5, 0.6) is 0 Å². The summed E-state index contributed by atoms with van der Waals surface area (Å²) in [4.78, 5) is 10.6. The first-order valence-corrected chi connectivity index (χ1v) is 6.98. The predicted octanol–water partition coefficient (Wildman–Crippen LogP) is 4.15. The van der Waals surface area contributed by atoms with Crippen molar-refractivity contribution in [2.24, 2.45) is 0 Å². The molecule has 1 N–H and O–H groups in total. The van der Waals surface area contributed by atoms with Crippen LogP contribution in [-0.4, -0.2) is 4.92 Å². The fourth-order valence-corrected chi connectivity index (χ4v) is 2.54. The van der Waals surface area contributed by atoms with Crippen LogP contribution in [0, 0.1) is 28.4 Å². The van der Waals surface area contributed by atoms with Crippen molar-refractivity contribution in [2.45, 2.75) is 13.5 Å². The third kappa shape index (κ3) is 3.58. The van der Waals surface area contributed by atoms with Gasteiger partial charge in [0.15, 0.2) is 0 Å². The van der Waals surface area contributed by atoms with Crippen LogP contribution in [0.25, 0.3) is 0 Å². The first kappa shape index (κ1) is 15.0. The number of hydrogen-bond acceptors (Lipinski definition) is 4. The molecule has 0 spiro atoms. The molecule has 0 unspecified atom stereocenters. The molecular weight excluding hydrogens is 334 g/mol. The summed E-state index contributed by atoms with van der Waals surface area (Å²) in [7, 11) is 0. The van der Waals surface area contributed by atoms with E-state index in [0.717, 1.165) is 10.0 Å². The highest BCUT2D eigenvalue weighted by molar-refractivity contribution is 9.10. The molecule has 106 valence electrons. The number of halogens is 1. The molecule has 5 nitrogen and oxygen atoms in total. The number of benzene rings is 2. The zero-order valence-electron chi connectivity index (χ0n) is 11.3. The lowest BCUT2D eigenvalue weighted by atomic mass is 10.1. The molecule has 0 heterocycles. The number of hydrogen-bond donors (Lipinski definition) is 1. The van der Waals surface area contributed by atoms with E-state index in [1.807, 2.05) is 12.1 Å². The Balaban J connectivity index is 2.22. The van der Waals surface area contributed by atoms with Gasteiger partial charge in [-0.25, -0.2) is 0 Å². The quantitative estimate of drug-likeness (QED) is 0.666. The lowest BCUT2D eigenvalue weighted by molar-refractivity contribution is -0.385. The van der Waals surface area contributed by atoms with Gasteiger partial charge in [-0.1, -0.05) is 12.1 Å². The van der Waals surface area contributed by atoms with Crippen molar-refractivity contribution in [2.75, 3.05) is 5.32 Å². The highest BCUT2D eigenvalue weighted by atomic mass is 79.9. The Hall–Kier alpha value is -2.39. The van der Waals surface area contributed by atoms with E-state index in [-0.39, 0.29) is 5.69 Å². The second-order valence-corrected chi connectivity index (χ2v) is 5.40. The third-order valence-electron chi connectivity index (χ3n) is 3.02. The third-order valence-corrected chi connectivity index (χ3v) is 3.68. The number of aryl methyl sites for hydroxylation is 1. The number of nitrogens with one attached hydrogen (secondary N) is 1. The summed E-state index contributed by atoms with van der Waals surface area (Å²) < 4.78 is 0.766. The first-order valence-electron chi connectivity index (χ1n) is 6.18. The van der Waals surface area contributed by atoms with E-state index < -0.39 is 4.92 Å². The maximum absolute atomic E-state index is 11.0. The van der Waals surface area contributed by atoms with Crippen molar-refractivity contribution in [3.63, 3.8) is 0 Å². The van der Waals surface area contributed by atoms with Crippen molar-refractivity contribution in [1.29, 1.82) is 5.26 Å². The van der Waals surface area contributed by atoms with Crippen molar-refractivity contribution >= 4 is 27.3 Å². The molecule has 0 saturated carbocycles. The Labute approximate surface area is 130 Å². The summed E-state index contributed by atoms with van der Waals surface area (Å²) >= 11 is 3.39. The molecule has 2 aromatic rings. The van der Waals surface area contributed by atoms with E-state index in [1.165, 1.54) is 6.07 Å². The fraction of sp³-hybridized carbons (Fsp3) is 0.133. The smallest absolute Gasteiger partial charge is 0.274 e. The normalized spacial score (nSPS) is 9.95. The molecule has 0 aliphatic rings. The highest BCUT2D eigenvalue weighted by Crippen LogP contribution is 2.30. The Kier molecular flexibility index (Phi) is 4.55. The molecule has 0 radical (unpaired) electrons. The molecule has 0 atom stereocenters. The van der Waals surface area contributed by atoms with E-state index in [2.05, 4.69) is 27.3 Å². The van der Waals surface area contributed by atoms with Gasteiger partial charge in [-0.05, 0) is 46.6 Å². The number of nitrogens with zero attached hydrogens (tertiary/aromatic N) is 2. The van der Waals surface area contributed by atoms with Gasteiger partial charge < -0.3 is 5.32 Å². The molecule has 0 fully saturated rings. The Morgan fingerprint density at radius 1 is 1.38 bits per heavy atom. The molecule has 0 aromatic heterocycles. The van der Waals surface area contributed by atoms with Gasteiger partial charge in [0.05, 0.1) is 22.2 Å². The van der Waals surface area contributed by atoms with Crippen LogP contribution in [0.3, 0.4) is 0 Å². The minimum absolute atomic E-state index is 0.0754. The van der Waals surface area contributed by atoms with E-state index in [9.17, 15) is 10.1 Å². The Morgan fingerprint density at radius 3 is 2.81 bits per heavy atom. The highest BCUT2D eigenvalue weighted by Gasteiger charge is 2.14. The topological polar surface area (TPSA) is 79.0 Å². The average molecular weight is 346 g/mol. The fourth-order valence-electron chi connectivity index (χ4n) is 1.94. The Bertz CT molecular complexity index is 738. The summed E-state index contributed by atoms with van der Waals surface area (Å²) in [5.41, 5.74) is 2.84. The maximum Gasteiger partial charge on any atom is 0.274 e. The maximum atomic E-state index is 11.0. The number of nitriles is 1. The lowest BCUT2D eigenvalue weighted by Crippen LogP contribution is -2.02. The van der Waals surface area contributed by atoms with Gasteiger partial charge in [-0.3, -0.25) is 10.1 Å². The van der Waals surface area contributed by atoms with Gasteiger partial charge in [-0.15, -0.1) is 0 Å². The summed E-state index contributed by atoms with van der Waals surface area (Å²) in [6.45, 7) is 2.18. The van der Waals surface area contributed by atoms with Crippen LogP contribution in [0.4, 0.5) is 11.4 Å². The summed E-state index contributed by atoms with van der Waals surface area (Å²) in [6, 6.07) is 12.5. The van der Waals surface area contributed by atoms with Gasteiger partial charge in [0, 0.05) is 22.6 Å². The molecule has 6 heteroatoms. The van der Waals surface area contributed by atoms with Crippen LogP contribution >= 0.6 is 15.9 Å². The minimum Gasteiger partial charge on any atom is -0.380 e. The van der Waals surface area contributed by atoms with Gasteiger partial charge in [0.25, 0.3) is 5.69 Å². The SMILES string of the molecule is Cc1cc(Br)c(NCc2cccc(C#N)c2)cc1[N+](=O)[O-]. The molecule has 0 saturated heterocycles. The molecule has 0 amide bonds. The molecule has 21 heavy (non-hydrogen) atoms.